The third-order valence-electron chi connectivity index (χ3n) is 5.41. The molecule has 0 unspecified atom stereocenters. The largest absolute Gasteiger partial charge is 0.514 e. The Hall–Kier alpha value is -4.40. The van der Waals surface area contributed by atoms with Gasteiger partial charge < -0.3 is 29.3 Å². The van der Waals surface area contributed by atoms with Gasteiger partial charge in [-0.2, -0.15) is 13.2 Å². The number of benzene rings is 2. The minimum atomic E-state index is -5.11. The van der Waals surface area contributed by atoms with Gasteiger partial charge in [-0.05, 0) is 29.8 Å². The number of halogens is 3. The van der Waals surface area contributed by atoms with E-state index in [2.05, 4.69) is 0 Å². The number of hydrogen-bond donors (Lipinski definition) is 1. The second kappa shape index (κ2) is 12.2. The SMILES string of the molecule is COCC(=O)N1CCN(c2cc(COC(=O)Oc3ccc([N+](=O)[O-])cc3)ccc2NC(=O)C(F)(F)F)CC1. The van der Waals surface area contributed by atoms with Crippen molar-refractivity contribution in [2.75, 3.05) is 50.1 Å². The molecule has 0 aromatic heterocycles. The fourth-order valence-electron chi connectivity index (χ4n) is 3.54. The second-order valence-corrected chi connectivity index (χ2v) is 8.00. The molecule has 0 saturated carbocycles. The number of carbonyl (C=O) groups is 3. The molecule has 1 heterocycles. The normalized spacial score (nSPS) is 13.6. The number of rotatable bonds is 8. The monoisotopic (exact) mass is 540 g/mol. The van der Waals surface area contributed by atoms with E-state index in [0.29, 0.717) is 5.56 Å². The average molecular weight is 540 g/mol. The molecular weight excluding hydrogens is 517 g/mol. The Bertz CT molecular complexity index is 1180. The zero-order valence-corrected chi connectivity index (χ0v) is 20.0. The standard InChI is InChI=1S/C23H23F3N4O8/c1-36-14-20(31)29-10-8-28(9-11-29)19-12-15(2-7-18(19)27-21(32)23(24,25)26)13-37-22(33)38-17-5-3-16(4-6-17)30(34)35/h2-7,12H,8-11,13-14H2,1H3,(H,27,32). The highest BCUT2D eigenvalue weighted by Crippen LogP contribution is 2.30. The summed E-state index contributed by atoms with van der Waals surface area (Å²) in [5.41, 5.74) is 0.316. The number of nitro benzene ring substituents is 1. The maximum Gasteiger partial charge on any atom is 0.514 e. The molecule has 204 valence electrons. The van der Waals surface area contributed by atoms with Crippen LogP contribution < -0.4 is 15.0 Å². The number of non-ortho nitro benzene ring substituents is 1. The van der Waals surface area contributed by atoms with E-state index in [9.17, 15) is 37.7 Å². The van der Waals surface area contributed by atoms with E-state index in [1.54, 1.807) is 9.80 Å². The molecule has 1 aliphatic rings. The number of hydrogen-bond acceptors (Lipinski definition) is 9. The van der Waals surface area contributed by atoms with E-state index in [1.165, 1.54) is 37.4 Å². The molecule has 15 heteroatoms. The zero-order valence-electron chi connectivity index (χ0n) is 20.0. The van der Waals surface area contributed by atoms with Crippen LogP contribution in [-0.2, 0) is 25.7 Å². The highest BCUT2D eigenvalue weighted by Gasteiger charge is 2.39. The van der Waals surface area contributed by atoms with E-state index in [0.717, 1.165) is 12.1 Å². The van der Waals surface area contributed by atoms with Crippen LogP contribution in [0.5, 0.6) is 5.75 Å². The van der Waals surface area contributed by atoms with Gasteiger partial charge in [0, 0.05) is 45.4 Å². The number of alkyl halides is 3. The van der Waals surface area contributed by atoms with Crippen molar-refractivity contribution in [3.05, 3.63) is 58.1 Å². The smallest absolute Gasteiger partial charge is 0.429 e. The van der Waals surface area contributed by atoms with Crippen molar-refractivity contribution < 1.29 is 46.7 Å². The molecule has 3 rings (SSSR count). The summed E-state index contributed by atoms with van der Waals surface area (Å²) in [5, 5.41) is 12.6. The number of nitrogens with zero attached hydrogens (tertiary/aromatic N) is 3. The topological polar surface area (TPSA) is 141 Å². The van der Waals surface area contributed by atoms with Crippen LogP contribution in [0, 0.1) is 10.1 Å². The molecule has 1 saturated heterocycles. The van der Waals surface area contributed by atoms with Gasteiger partial charge in [-0.3, -0.25) is 19.7 Å². The van der Waals surface area contributed by atoms with Gasteiger partial charge in [0.1, 0.15) is 19.0 Å². The van der Waals surface area contributed by atoms with Crippen LogP contribution in [0.3, 0.4) is 0 Å². The molecule has 1 fully saturated rings. The Kier molecular flexibility index (Phi) is 9.07. The van der Waals surface area contributed by atoms with Crippen molar-refractivity contribution in [2.45, 2.75) is 12.8 Å². The van der Waals surface area contributed by atoms with E-state index in [-0.39, 0.29) is 68.1 Å². The summed E-state index contributed by atoms with van der Waals surface area (Å²) < 4.78 is 53.4. The molecule has 0 atom stereocenters. The number of anilines is 2. The fraction of sp³-hybridized carbons (Fsp3) is 0.348. The molecule has 2 aromatic carbocycles. The summed E-state index contributed by atoms with van der Waals surface area (Å²) >= 11 is 0. The van der Waals surface area contributed by atoms with E-state index in [1.807, 2.05) is 5.32 Å². The minimum Gasteiger partial charge on any atom is -0.429 e. The first kappa shape index (κ1) is 28.2. The maximum atomic E-state index is 12.9. The van der Waals surface area contributed by atoms with Gasteiger partial charge in [-0.15, -0.1) is 0 Å². The zero-order chi connectivity index (χ0) is 27.9. The molecular formula is C23H23F3N4O8. The second-order valence-electron chi connectivity index (χ2n) is 8.00. The molecule has 12 nitrogen and oxygen atoms in total. The van der Waals surface area contributed by atoms with Crippen LogP contribution in [0.2, 0.25) is 0 Å². The van der Waals surface area contributed by atoms with E-state index in [4.69, 9.17) is 14.2 Å². The quantitative estimate of drug-likeness (QED) is 0.231. The van der Waals surface area contributed by atoms with Crippen LogP contribution in [0.1, 0.15) is 5.56 Å². The number of carbonyl (C=O) groups excluding carboxylic acids is 3. The van der Waals surface area contributed by atoms with Gasteiger partial charge in [0.2, 0.25) is 5.91 Å². The van der Waals surface area contributed by atoms with E-state index < -0.39 is 23.2 Å². The summed E-state index contributed by atoms with van der Waals surface area (Å²) in [5.74, 6) is -2.37. The Balaban J connectivity index is 1.71. The molecule has 2 amide bonds. The lowest BCUT2D eigenvalue weighted by Gasteiger charge is -2.37. The van der Waals surface area contributed by atoms with Gasteiger partial charge in [0.15, 0.2) is 0 Å². The van der Waals surface area contributed by atoms with Crippen LogP contribution >= 0.6 is 0 Å². The number of nitro groups is 1. The number of methoxy groups -OCH3 is 1. The Morgan fingerprint density at radius 3 is 2.29 bits per heavy atom. The third kappa shape index (κ3) is 7.55. The molecule has 2 aromatic rings. The highest BCUT2D eigenvalue weighted by molar-refractivity contribution is 5.98. The van der Waals surface area contributed by atoms with Crippen LogP contribution in [0.4, 0.5) is 35.0 Å². The maximum absolute atomic E-state index is 12.9. The van der Waals surface area contributed by atoms with Crippen molar-refractivity contribution in [1.82, 2.24) is 4.90 Å². The van der Waals surface area contributed by atoms with Gasteiger partial charge >= 0.3 is 18.2 Å². The molecule has 0 aliphatic carbocycles. The number of amides is 2. The summed E-state index contributed by atoms with van der Waals surface area (Å²) in [6.07, 6.45) is -6.22. The Morgan fingerprint density at radius 2 is 1.71 bits per heavy atom. The number of ether oxygens (including phenoxy) is 3. The number of piperazine rings is 1. The first-order valence-electron chi connectivity index (χ1n) is 11.1. The van der Waals surface area contributed by atoms with Crippen molar-refractivity contribution >= 4 is 35.0 Å². The average Bonchev–Trinajstić information content (AvgIpc) is 2.88. The van der Waals surface area contributed by atoms with Crippen molar-refractivity contribution in [1.29, 1.82) is 0 Å². The molecule has 1 aliphatic heterocycles. The third-order valence-corrected chi connectivity index (χ3v) is 5.41. The number of nitrogens with one attached hydrogen (secondary N) is 1. The van der Waals surface area contributed by atoms with E-state index >= 15 is 0 Å². The van der Waals surface area contributed by atoms with Crippen molar-refractivity contribution in [3.8, 4) is 5.75 Å². The van der Waals surface area contributed by atoms with Crippen LogP contribution in [0.25, 0.3) is 0 Å². The minimum absolute atomic E-state index is 0.00684. The molecule has 0 bridgehead atoms. The van der Waals surface area contributed by atoms with Crippen molar-refractivity contribution in [2.24, 2.45) is 0 Å². The van der Waals surface area contributed by atoms with Gasteiger partial charge in [-0.1, -0.05) is 6.07 Å². The van der Waals surface area contributed by atoms with Gasteiger partial charge in [0.05, 0.1) is 16.3 Å². The lowest BCUT2D eigenvalue weighted by Crippen LogP contribution is -2.50. The van der Waals surface area contributed by atoms with Crippen molar-refractivity contribution in [3.63, 3.8) is 0 Å². The molecule has 1 N–H and O–H groups in total. The summed E-state index contributed by atoms with van der Waals surface area (Å²) in [7, 11) is 1.39. The molecule has 0 radical (unpaired) electrons. The lowest BCUT2D eigenvalue weighted by atomic mass is 10.1. The molecule has 38 heavy (non-hydrogen) atoms. The summed E-state index contributed by atoms with van der Waals surface area (Å²) in [6.45, 7) is 0.649. The highest BCUT2D eigenvalue weighted by atomic mass is 19.4. The van der Waals surface area contributed by atoms with Crippen LogP contribution in [-0.4, -0.2) is 73.9 Å². The summed E-state index contributed by atoms with van der Waals surface area (Å²) in [6, 6.07) is 8.79. The molecule has 0 spiro atoms. The Labute approximate surface area is 214 Å². The Morgan fingerprint density at radius 1 is 1.05 bits per heavy atom. The first-order valence-corrected chi connectivity index (χ1v) is 11.1. The van der Waals surface area contributed by atoms with Gasteiger partial charge in [-0.25, -0.2) is 4.79 Å². The first-order chi connectivity index (χ1) is 18.0. The lowest BCUT2D eigenvalue weighted by molar-refractivity contribution is -0.384. The predicted octanol–water partition coefficient (Wildman–Crippen LogP) is 3.11. The van der Waals surface area contributed by atoms with Gasteiger partial charge in [0.25, 0.3) is 5.69 Å². The predicted molar refractivity (Wildman–Crippen MR) is 126 cm³/mol. The fourth-order valence-corrected chi connectivity index (χ4v) is 3.54. The van der Waals surface area contributed by atoms with Crippen LogP contribution in [0.15, 0.2) is 42.5 Å². The summed E-state index contributed by atoms with van der Waals surface area (Å²) in [4.78, 5) is 49.0.